The molecule has 0 aliphatic carbocycles. The number of carbonyl (C=O) groups is 2. The third kappa shape index (κ3) is 5.06. The van der Waals surface area contributed by atoms with Gasteiger partial charge in [0, 0.05) is 32.5 Å². The minimum absolute atomic E-state index is 0.0741. The van der Waals surface area contributed by atoms with Gasteiger partial charge in [-0.1, -0.05) is 45.0 Å². The summed E-state index contributed by atoms with van der Waals surface area (Å²) in [5.74, 6) is -0.0122. The molecule has 1 atom stereocenters. The molecule has 1 saturated heterocycles. The normalized spacial score (nSPS) is 16.3. The molecule has 24 heavy (non-hydrogen) atoms. The number of hydrogen-bond acceptors (Lipinski definition) is 3. The van der Waals surface area contributed by atoms with Crippen LogP contribution >= 0.6 is 0 Å². The molecule has 5 nitrogen and oxygen atoms in total. The summed E-state index contributed by atoms with van der Waals surface area (Å²) in [6.07, 6.45) is 1.02. The molecular weight excluding hydrogens is 304 g/mol. The van der Waals surface area contributed by atoms with Crippen LogP contribution in [0.15, 0.2) is 24.3 Å². The maximum absolute atomic E-state index is 11.9. The van der Waals surface area contributed by atoms with E-state index in [0.29, 0.717) is 13.0 Å². The number of aliphatic hydroxyl groups is 1. The minimum atomic E-state index is -0.726. The van der Waals surface area contributed by atoms with Crippen LogP contribution in [0.1, 0.15) is 57.3 Å². The van der Waals surface area contributed by atoms with E-state index in [1.165, 1.54) is 5.56 Å². The van der Waals surface area contributed by atoms with E-state index in [4.69, 9.17) is 0 Å². The Morgan fingerprint density at radius 2 is 1.96 bits per heavy atom. The molecule has 1 heterocycles. The predicted octanol–water partition coefficient (Wildman–Crippen LogP) is 2.15. The molecule has 1 unspecified atom stereocenters. The highest BCUT2D eigenvalue weighted by atomic mass is 16.3. The van der Waals surface area contributed by atoms with Crippen LogP contribution < -0.4 is 5.32 Å². The number of carbonyl (C=O) groups excluding carboxylic acids is 2. The fraction of sp³-hybridized carbons (Fsp3) is 0.579. The molecule has 1 aromatic rings. The van der Waals surface area contributed by atoms with Gasteiger partial charge < -0.3 is 15.3 Å². The summed E-state index contributed by atoms with van der Waals surface area (Å²) in [6, 6.07) is 7.83. The quantitative estimate of drug-likeness (QED) is 0.838. The first kappa shape index (κ1) is 18.5. The molecule has 0 radical (unpaired) electrons. The van der Waals surface area contributed by atoms with Crippen LogP contribution in [0.25, 0.3) is 0 Å². The van der Waals surface area contributed by atoms with Crippen LogP contribution in [0.4, 0.5) is 0 Å². The van der Waals surface area contributed by atoms with Crippen LogP contribution in [0, 0.1) is 0 Å². The fourth-order valence-electron chi connectivity index (χ4n) is 2.80. The van der Waals surface area contributed by atoms with Crippen LogP contribution in [-0.4, -0.2) is 41.5 Å². The number of nitrogens with one attached hydrogen (secondary N) is 1. The van der Waals surface area contributed by atoms with Gasteiger partial charge in [0.1, 0.15) is 0 Å². The Morgan fingerprint density at radius 1 is 1.29 bits per heavy atom. The van der Waals surface area contributed by atoms with Crippen molar-refractivity contribution in [3.05, 3.63) is 35.4 Å². The molecule has 1 aromatic carbocycles. The fourth-order valence-corrected chi connectivity index (χ4v) is 2.80. The zero-order valence-corrected chi connectivity index (χ0v) is 14.8. The zero-order valence-electron chi connectivity index (χ0n) is 14.8. The van der Waals surface area contributed by atoms with Gasteiger partial charge in [-0.05, 0) is 23.0 Å². The number of hydrogen-bond donors (Lipinski definition) is 2. The Kier molecular flexibility index (Phi) is 5.99. The Morgan fingerprint density at radius 3 is 2.50 bits per heavy atom. The average molecular weight is 332 g/mol. The molecule has 0 spiro atoms. The first-order chi connectivity index (χ1) is 11.3. The summed E-state index contributed by atoms with van der Waals surface area (Å²) in [7, 11) is 0. The van der Waals surface area contributed by atoms with Crippen molar-refractivity contribution in [1.29, 1.82) is 0 Å². The minimum Gasteiger partial charge on any atom is -0.387 e. The number of likely N-dealkylation sites (tertiary alicyclic amines) is 1. The first-order valence-electron chi connectivity index (χ1n) is 8.60. The third-order valence-corrected chi connectivity index (χ3v) is 4.43. The van der Waals surface area contributed by atoms with Gasteiger partial charge in [-0.3, -0.25) is 9.59 Å². The van der Waals surface area contributed by atoms with Crippen molar-refractivity contribution in [2.45, 2.75) is 51.6 Å². The highest BCUT2D eigenvalue weighted by molar-refractivity contribution is 5.80. The molecule has 5 heteroatoms. The SMILES string of the molecule is CC(C)(C)c1ccc(C(O)CNC(=O)CCN2CCCC2=O)cc1. The van der Waals surface area contributed by atoms with Crippen LogP contribution in [0.5, 0.6) is 0 Å². The van der Waals surface area contributed by atoms with Gasteiger partial charge in [-0.25, -0.2) is 0 Å². The number of benzene rings is 1. The molecule has 0 aromatic heterocycles. The van der Waals surface area contributed by atoms with Crippen molar-refractivity contribution in [2.75, 3.05) is 19.6 Å². The molecular formula is C19H28N2O3. The second-order valence-corrected chi connectivity index (χ2v) is 7.43. The third-order valence-electron chi connectivity index (χ3n) is 4.43. The van der Waals surface area contributed by atoms with Crippen molar-refractivity contribution < 1.29 is 14.7 Å². The standard InChI is InChI=1S/C19H28N2O3/c1-19(2,3)15-8-6-14(7-9-15)16(22)13-20-17(23)10-12-21-11-4-5-18(21)24/h6-9,16,22H,4-5,10-13H2,1-3H3,(H,20,23). The van der Waals surface area contributed by atoms with E-state index in [2.05, 4.69) is 26.1 Å². The van der Waals surface area contributed by atoms with Gasteiger partial charge in [0.15, 0.2) is 0 Å². The van der Waals surface area contributed by atoms with Crippen LogP contribution in [0.3, 0.4) is 0 Å². The highest BCUT2D eigenvalue weighted by Gasteiger charge is 2.20. The second kappa shape index (κ2) is 7.79. The lowest BCUT2D eigenvalue weighted by atomic mass is 9.86. The van der Waals surface area contributed by atoms with E-state index in [-0.39, 0.29) is 30.2 Å². The summed E-state index contributed by atoms with van der Waals surface area (Å²) in [5, 5.41) is 12.9. The van der Waals surface area contributed by atoms with Gasteiger partial charge >= 0.3 is 0 Å². The lowest BCUT2D eigenvalue weighted by Gasteiger charge is -2.20. The van der Waals surface area contributed by atoms with E-state index < -0.39 is 6.10 Å². The van der Waals surface area contributed by atoms with E-state index in [1.54, 1.807) is 4.90 Å². The summed E-state index contributed by atoms with van der Waals surface area (Å²) in [5.41, 5.74) is 2.07. The van der Waals surface area contributed by atoms with E-state index >= 15 is 0 Å². The van der Waals surface area contributed by atoms with Gasteiger partial charge in [-0.15, -0.1) is 0 Å². The molecule has 1 fully saturated rings. The molecule has 1 aliphatic rings. The molecule has 2 amide bonds. The largest absolute Gasteiger partial charge is 0.387 e. The number of nitrogens with zero attached hydrogens (tertiary/aromatic N) is 1. The summed E-state index contributed by atoms with van der Waals surface area (Å²) in [4.78, 5) is 25.1. The van der Waals surface area contributed by atoms with Crippen molar-refractivity contribution in [3.63, 3.8) is 0 Å². The molecule has 2 N–H and O–H groups in total. The molecule has 0 bridgehead atoms. The molecule has 0 saturated carbocycles. The number of aliphatic hydroxyl groups excluding tert-OH is 1. The number of rotatable bonds is 6. The molecule has 1 aliphatic heterocycles. The smallest absolute Gasteiger partial charge is 0.222 e. The topological polar surface area (TPSA) is 69.6 Å². The van der Waals surface area contributed by atoms with Gasteiger partial charge in [0.2, 0.25) is 11.8 Å². The van der Waals surface area contributed by atoms with E-state index in [0.717, 1.165) is 18.5 Å². The average Bonchev–Trinajstić information content (AvgIpc) is 2.95. The highest BCUT2D eigenvalue weighted by Crippen LogP contribution is 2.23. The van der Waals surface area contributed by atoms with E-state index in [9.17, 15) is 14.7 Å². The zero-order chi connectivity index (χ0) is 17.7. The Hall–Kier alpha value is -1.88. The van der Waals surface area contributed by atoms with Crippen molar-refractivity contribution in [2.24, 2.45) is 0 Å². The van der Waals surface area contributed by atoms with E-state index in [1.807, 2.05) is 24.3 Å². The first-order valence-corrected chi connectivity index (χ1v) is 8.60. The predicted molar refractivity (Wildman–Crippen MR) is 93.5 cm³/mol. The second-order valence-electron chi connectivity index (χ2n) is 7.43. The maximum Gasteiger partial charge on any atom is 0.222 e. The van der Waals surface area contributed by atoms with Gasteiger partial charge in [0.25, 0.3) is 0 Å². The summed E-state index contributed by atoms with van der Waals surface area (Å²) in [6.45, 7) is 7.81. The van der Waals surface area contributed by atoms with Crippen molar-refractivity contribution in [1.82, 2.24) is 10.2 Å². The maximum atomic E-state index is 11.9. The monoisotopic (exact) mass is 332 g/mol. The Labute approximate surface area is 144 Å². The number of amides is 2. The Balaban J connectivity index is 1.76. The molecule has 2 rings (SSSR count). The summed E-state index contributed by atoms with van der Waals surface area (Å²) < 4.78 is 0. The van der Waals surface area contributed by atoms with Gasteiger partial charge in [-0.2, -0.15) is 0 Å². The Bertz CT molecular complexity index is 575. The van der Waals surface area contributed by atoms with Crippen molar-refractivity contribution in [3.8, 4) is 0 Å². The molecule has 132 valence electrons. The van der Waals surface area contributed by atoms with Crippen LogP contribution in [-0.2, 0) is 15.0 Å². The van der Waals surface area contributed by atoms with Crippen LogP contribution in [0.2, 0.25) is 0 Å². The summed E-state index contributed by atoms with van der Waals surface area (Å²) >= 11 is 0. The van der Waals surface area contributed by atoms with Crippen molar-refractivity contribution >= 4 is 11.8 Å². The lowest BCUT2D eigenvalue weighted by molar-refractivity contribution is -0.128. The van der Waals surface area contributed by atoms with Gasteiger partial charge in [0.05, 0.1) is 6.10 Å². The lowest BCUT2D eigenvalue weighted by Crippen LogP contribution is -2.33.